The normalized spacial score (nSPS) is 11.0. The number of nitrogens with zero attached hydrogens (tertiary/aromatic N) is 4. The predicted octanol–water partition coefficient (Wildman–Crippen LogP) is 7.74. The molecule has 0 bridgehead atoms. The number of hydrazone groups is 1. The van der Waals surface area contributed by atoms with Gasteiger partial charge in [0.05, 0.1) is 24.2 Å². The molecule has 3 aromatic carbocycles. The van der Waals surface area contributed by atoms with Gasteiger partial charge < -0.3 is 9.30 Å². The molecular weight excluding hydrogens is 550 g/mol. The first-order valence-corrected chi connectivity index (χ1v) is 13.2. The molecule has 0 aliphatic carbocycles. The monoisotopic (exact) mass is 575 g/mol. The molecule has 0 amide bonds. The molecule has 0 radical (unpaired) electrons. The summed E-state index contributed by atoms with van der Waals surface area (Å²) in [7, 11) is 1.60. The highest BCUT2D eigenvalue weighted by atomic mass is 79.9. The summed E-state index contributed by atoms with van der Waals surface area (Å²) in [5.41, 5.74) is 11.1. The smallest absolute Gasteiger partial charge is 0.164 e. The summed E-state index contributed by atoms with van der Waals surface area (Å²) in [4.78, 5) is 4.51. The third-order valence-electron chi connectivity index (χ3n) is 6.25. The van der Waals surface area contributed by atoms with Crippen LogP contribution in [0.5, 0.6) is 0 Å². The van der Waals surface area contributed by atoms with E-state index in [1.54, 1.807) is 13.3 Å². The number of methoxy groups -OCH3 is 1. The van der Waals surface area contributed by atoms with Crippen LogP contribution in [0.4, 0.5) is 5.82 Å². The number of rotatable bonds is 8. The van der Waals surface area contributed by atoms with Crippen LogP contribution in [0, 0.1) is 18.3 Å². The van der Waals surface area contributed by atoms with E-state index >= 15 is 0 Å². The summed E-state index contributed by atoms with van der Waals surface area (Å²) in [5, 5.41) is 14.3. The van der Waals surface area contributed by atoms with Gasteiger partial charge in [-0.2, -0.15) is 10.4 Å². The number of halogens is 1. The summed E-state index contributed by atoms with van der Waals surface area (Å²) in [6.45, 7) is 2.20. The van der Waals surface area contributed by atoms with Crippen molar-refractivity contribution in [2.24, 2.45) is 5.10 Å². The van der Waals surface area contributed by atoms with Crippen molar-refractivity contribution in [3.05, 3.63) is 124 Å². The van der Waals surface area contributed by atoms with Gasteiger partial charge in [-0.15, -0.1) is 0 Å². The first kappa shape index (κ1) is 26.1. The summed E-state index contributed by atoms with van der Waals surface area (Å²) >= 11 is 3.56. The first-order chi connectivity index (χ1) is 19.1. The van der Waals surface area contributed by atoms with Crippen LogP contribution in [-0.2, 0) is 11.3 Å². The van der Waals surface area contributed by atoms with Crippen LogP contribution < -0.4 is 5.43 Å². The second-order valence-electron chi connectivity index (χ2n) is 8.94. The van der Waals surface area contributed by atoms with Crippen molar-refractivity contribution in [1.82, 2.24) is 9.55 Å². The van der Waals surface area contributed by atoms with E-state index in [-0.39, 0.29) is 0 Å². The Kier molecular flexibility index (Phi) is 7.97. The molecular formula is C32H26BrN5O. The van der Waals surface area contributed by atoms with Crippen LogP contribution >= 0.6 is 15.9 Å². The molecule has 7 heteroatoms. The molecule has 0 atom stereocenters. The molecule has 0 aliphatic heterocycles. The van der Waals surface area contributed by atoms with Crippen molar-refractivity contribution in [2.45, 2.75) is 13.5 Å². The van der Waals surface area contributed by atoms with Crippen LogP contribution in [0.3, 0.4) is 0 Å². The van der Waals surface area contributed by atoms with Crippen molar-refractivity contribution in [2.75, 3.05) is 12.5 Å². The Morgan fingerprint density at radius 2 is 1.64 bits per heavy atom. The fourth-order valence-electron chi connectivity index (χ4n) is 4.58. The minimum Gasteiger partial charge on any atom is -0.380 e. The van der Waals surface area contributed by atoms with Crippen molar-refractivity contribution < 1.29 is 4.74 Å². The number of pyridine rings is 1. The van der Waals surface area contributed by atoms with Crippen molar-refractivity contribution in [1.29, 1.82) is 5.26 Å². The number of aryl methyl sites for hydroxylation is 1. The lowest BCUT2D eigenvalue weighted by Gasteiger charge is -2.15. The molecule has 5 rings (SSSR count). The average molecular weight is 576 g/mol. The molecule has 0 fully saturated rings. The van der Waals surface area contributed by atoms with E-state index < -0.39 is 0 Å². The molecule has 39 heavy (non-hydrogen) atoms. The number of hydrogen-bond donors (Lipinski definition) is 1. The van der Waals surface area contributed by atoms with E-state index in [2.05, 4.69) is 84.5 Å². The number of anilines is 1. The maximum Gasteiger partial charge on any atom is 0.164 e. The van der Waals surface area contributed by atoms with Gasteiger partial charge in [-0.25, -0.2) is 4.98 Å². The third-order valence-corrected chi connectivity index (χ3v) is 6.78. The van der Waals surface area contributed by atoms with Crippen LogP contribution in [0.15, 0.2) is 107 Å². The lowest BCUT2D eigenvalue weighted by molar-refractivity contribution is 0.184. The quantitative estimate of drug-likeness (QED) is 0.152. The van der Waals surface area contributed by atoms with Crippen molar-refractivity contribution in [3.8, 4) is 34.3 Å². The molecule has 0 saturated carbocycles. The summed E-state index contributed by atoms with van der Waals surface area (Å²) in [5.74, 6) is 0.401. The van der Waals surface area contributed by atoms with E-state index in [9.17, 15) is 5.26 Å². The fourth-order valence-corrected chi connectivity index (χ4v) is 4.84. The van der Waals surface area contributed by atoms with Gasteiger partial charge in [-0.05, 0) is 54.4 Å². The predicted molar refractivity (Wildman–Crippen MR) is 160 cm³/mol. The summed E-state index contributed by atoms with van der Waals surface area (Å²) < 4.78 is 8.54. The number of nitriles is 1. The van der Waals surface area contributed by atoms with E-state index in [1.165, 1.54) is 0 Å². The second kappa shape index (κ2) is 11.9. The van der Waals surface area contributed by atoms with E-state index in [0.29, 0.717) is 18.0 Å². The Labute approximate surface area is 236 Å². The Bertz CT molecular complexity index is 1650. The largest absolute Gasteiger partial charge is 0.380 e. The highest BCUT2D eigenvalue weighted by Crippen LogP contribution is 2.35. The SMILES string of the molecule is COCc1cc(C)nc(N/N=C\c2cc(-c3ccccc3)n(-c3ccc(Br)cc3)c2-c2ccccc2)c1C#N. The zero-order valence-corrected chi connectivity index (χ0v) is 23.2. The minimum atomic E-state index is 0.319. The Hall–Kier alpha value is -4.51. The third kappa shape index (κ3) is 5.68. The van der Waals surface area contributed by atoms with E-state index in [4.69, 9.17) is 4.74 Å². The standard InChI is InChI=1S/C32H26BrN5O/c1-22-17-26(21-39-2)29(19-34)32(36-22)37-35-20-25-18-30(23-9-5-3-6-10-23)38(28-15-13-27(33)14-16-28)31(25)24-11-7-4-8-12-24/h3-18,20H,21H2,1-2H3,(H,36,37)/b35-20-. The van der Waals surface area contributed by atoms with Gasteiger partial charge in [0.15, 0.2) is 5.82 Å². The molecule has 6 nitrogen and oxygen atoms in total. The Morgan fingerprint density at radius 1 is 0.974 bits per heavy atom. The maximum atomic E-state index is 9.79. The Balaban J connectivity index is 1.66. The molecule has 2 aromatic heterocycles. The lowest BCUT2D eigenvalue weighted by atomic mass is 10.1. The number of hydrogen-bond acceptors (Lipinski definition) is 5. The number of ether oxygens (including phenoxy) is 1. The first-order valence-electron chi connectivity index (χ1n) is 12.4. The molecule has 2 heterocycles. The van der Waals surface area contributed by atoms with E-state index in [0.717, 1.165) is 49.5 Å². The van der Waals surface area contributed by atoms with Crippen molar-refractivity contribution >= 4 is 28.0 Å². The molecule has 0 saturated heterocycles. The highest BCUT2D eigenvalue weighted by molar-refractivity contribution is 9.10. The van der Waals surface area contributed by atoms with Crippen LogP contribution in [0.2, 0.25) is 0 Å². The molecule has 0 aliphatic rings. The van der Waals surface area contributed by atoms with Crippen LogP contribution in [-0.4, -0.2) is 22.9 Å². The number of aromatic nitrogens is 2. The zero-order valence-electron chi connectivity index (χ0n) is 21.6. The summed E-state index contributed by atoms with van der Waals surface area (Å²) in [6, 6.07) is 35.0. The molecule has 0 unspecified atom stereocenters. The molecule has 5 aromatic rings. The molecule has 192 valence electrons. The van der Waals surface area contributed by atoms with Gasteiger partial charge in [-0.3, -0.25) is 5.43 Å². The molecule has 1 N–H and O–H groups in total. The van der Waals surface area contributed by atoms with Crippen molar-refractivity contribution in [3.63, 3.8) is 0 Å². The van der Waals surface area contributed by atoms with Crippen LogP contribution in [0.1, 0.15) is 22.4 Å². The van der Waals surface area contributed by atoms with Gasteiger partial charge in [-0.1, -0.05) is 76.6 Å². The van der Waals surface area contributed by atoms with E-state index in [1.807, 2.05) is 61.5 Å². The van der Waals surface area contributed by atoms with Gasteiger partial charge in [0, 0.05) is 34.1 Å². The average Bonchev–Trinajstić information content (AvgIpc) is 3.34. The highest BCUT2D eigenvalue weighted by Gasteiger charge is 2.19. The van der Waals surface area contributed by atoms with Gasteiger partial charge in [0.1, 0.15) is 11.6 Å². The number of benzene rings is 3. The number of nitrogens with one attached hydrogen (secondary N) is 1. The molecule has 0 spiro atoms. The van der Waals surface area contributed by atoms with Crippen LogP contribution in [0.25, 0.3) is 28.2 Å². The second-order valence-corrected chi connectivity index (χ2v) is 9.85. The fraction of sp³-hybridized carbons (Fsp3) is 0.0938. The summed E-state index contributed by atoms with van der Waals surface area (Å²) in [6.07, 6.45) is 1.78. The topological polar surface area (TPSA) is 75.2 Å². The van der Waals surface area contributed by atoms with Gasteiger partial charge in [0.25, 0.3) is 0 Å². The Morgan fingerprint density at radius 3 is 2.28 bits per heavy atom. The maximum absolute atomic E-state index is 9.79. The zero-order chi connectivity index (χ0) is 27.2. The lowest BCUT2D eigenvalue weighted by Crippen LogP contribution is -2.04. The minimum absolute atomic E-state index is 0.319. The van der Waals surface area contributed by atoms with Gasteiger partial charge in [0.2, 0.25) is 0 Å². The van der Waals surface area contributed by atoms with Gasteiger partial charge >= 0.3 is 0 Å².